The first-order valence-electron chi connectivity index (χ1n) is 8.57. The number of benzene rings is 2. The number of β-amino-alcohol motifs (C(OH)–C–C–N with tert-alkyl or cyclic N) is 1. The molecule has 2 aromatic carbocycles. The first-order valence-corrected chi connectivity index (χ1v) is 8.95. The predicted molar refractivity (Wildman–Crippen MR) is 97.9 cm³/mol. The summed E-state index contributed by atoms with van der Waals surface area (Å²) < 4.78 is 18.4. The van der Waals surface area contributed by atoms with Gasteiger partial charge in [-0.15, -0.1) is 0 Å². The minimum absolute atomic E-state index is 0.0542. The molecule has 3 rings (SSSR count). The summed E-state index contributed by atoms with van der Waals surface area (Å²) in [5.41, 5.74) is 0.788. The van der Waals surface area contributed by atoms with Crippen molar-refractivity contribution in [3.05, 3.63) is 64.9 Å². The Bertz CT molecular complexity index is 810. The highest BCUT2D eigenvalue weighted by Crippen LogP contribution is 2.24. The predicted octanol–water partition coefficient (Wildman–Crippen LogP) is 2.84. The van der Waals surface area contributed by atoms with E-state index < -0.39 is 12.0 Å². The molecule has 0 aliphatic carbocycles. The Morgan fingerprint density at radius 3 is 2.48 bits per heavy atom. The van der Waals surface area contributed by atoms with Gasteiger partial charge in [0.2, 0.25) is 11.8 Å². The smallest absolute Gasteiger partial charge is 0.233 e. The molecular weight excluding hydrogens is 373 g/mol. The Labute approximate surface area is 161 Å². The molecule has 0 aromatic heterocycles. The highest BCUT2D eigenvalue weighted by Gasteiger charge is 2.39. The molecule has 1 aliphatic heterocycles. The number of hydrogen-bond acceptors (Lipinski definition) is 4. The summed E-state index contributed by atoms with van der Waals surface area (Å²) in [6, 6.07) is 12.5. The van der Waals surface area contributed by atoms with Crippen LogP contribution in [0.5, 0.6) is 5.75 Å². The van der Waals surface area contributed by atoms with Crippen LogP contribution in [-0.4, -0.2) is 41.1 Å². The van der Waals surface area contributed by atoms with Crippen molar-refractivity contribution >= 4 is 23.4 Å². The van der Waals surface area contributed by atoms with Gasteiger partial charge in [-0.25, -0.2) is 4.39 Å². The van der Waals surface area contributed by atoms with Crippen LogP contribution in [0, 0.1) is 11.7 Å². The van der Waals surface area contributed by atoms with Gasteiger partial charge in [-0.3, -0.25) is 14.5 Å². The molecule has 0 spiro atoms. The summed E-state index contributed by atoms with van der Waals surface area (Å²) in [6.45, 7) is -0.174. The first-order chi connectivity index (χ1) is 12.9. The van der Waals surface area contributed by atoms with Gasteiger partial charge in [0.15, 0.2) is 0 Å². The summed E-state index contributed by atoms with van der Waals surface area (Å²) in [5.74, 6) is -0.954. The zero-order valence-corrected chi connectivity index (χ0v) is 15.2. The Morgan fingerprint density at radius 2 is 1.81 bits per heavy atom. The van der Waals surface area contributed by atoms with Crippen molar-refractivity contribution in [2.45, 2.75) is 18.9 Å². The second kappa shape index (κ2) is 8.50. The van der Waals surface area contributed by atoms with Gasteiger partial charge in [0, 0.05) is 11.4 Å². The Morgan fingerprint density at radius 1 is 1.15 bits per heavy atom. The fourth-order valence-electron chi connectivity index (χ4n) is 2.99. The number of carbonyl (C=O) groups excluding carboxylic acids is 2. The van der Waals surface area contributed by atoms with Crippen LogP contribution >= 0.6 is 11.6 Å². The topological polar surface area (TPSA) is 66.8 Å². The average Bonchev–Trinajstić information content (AvgIpc) is 2.90. The quantitative estimate of drug-likeness (QED) is 0.737. The van der Waals surface area contributed by atoms with E-state index in [1.807, 2.05) is 0 Å². The van der Waals surface area contributed by atoms with E-state index >= 15 is 0 Å². The number of nitrogens with zero attached hydrogens (tertiary/aromatic N) is 1. The molecule has 0 bridgehead atoms. The lowest BCUT2D eigenvalue weighted by atomic mass is 9.98. The van der Waals surface area contributed by atoms with E-state index in [4.69, 9.17) is 16.3 Å². The average molecular weight is 392 g/mol. The molecule has 0 radical (unpaired) electrons. The number of likely N-dealkylation sites (tertiary alicyclic amines) is 1. The molecule has 142 valence electrons. The summed E-state index contributed by atoms with van der Waals surface area (Å²) in [6.07, 6.45) is -0.558. The van der Waals surface area contributed by atoms with E-state index in [1.54, 1.807) is 36.4 Å². The lowest BCUT2D eigenvalue weighted by Gasteiger charge is -2.19. The molecule has 1 fully saturated rings. The van der Waals surface area contributed by atoms with Gasteiger partial charge in [0.25, 0.3) is 0 Å². The largest absolute Gasteiger partial charge is 0.491 e. The molecule has 0 saturated carbocycles. The van der Waals surface area contributed by atoms with Gasteiger partial charge in [-0.1, -0.05) is 23.7 Å². The van der Waals surface area contributed by atoms with Crippen molar-refractivity contribution in [1.82, 2.24) is 4.90 Å². The third-order valence-corrected chi connectivity index (χ3v) is 4.63. The van der Waals surface area contributed by atoms with E-state index in [-0.39, 0.29) is 37.2 Å². The Hall–Kier alpha value is -2.44. The number of rotatable bonds is 7. The van der Waals surface area contributed by atoms with Crippen molar-refractivity contribution < 1.29 is 23.8 Å². The summed E-state index contributed by atoms with van der Waals surface area (Å²) >= 11 is 5.79. The second-order valence-electron chi connectivity index (χ2n) is 6.49. The van der Waals surface area contributed by atoms with Gasteiger partial charge in [0.05, 0.1) is 12.5 Å². The molecule has 1 saturated heterocycles. The minimum atomic E-state index is -1.00. The Kier molecular flexibility index (Phi) is 6.08. The highest BCUT2D eigenvalue weighted by atomic mass is 35.5. The minimum Gasteiger partial charge on any atom is -0.491 e. The summed E-state index contributed by atoms with van der Waals surface area (Å²) in [5, 5.41) is 10.7. The van der Waals surface area contributed by atoms with Gasteiger partial charge in [-0.2, -0.15) is 0 Å². The van der Waals surface area contributed by atoms with Crippen LogP contribution in [-0.2, 0) is 16.0 Å². The number of amides is 2. The maximum Gasteiger partial charge on any atom is 0.233 e. The highest BCUT2D eigenvalue weighted by molar-refractivity contribution is 6.30. The number of hydrogen-bond donors (Lipinski definition) is 1. The molecule has 1 heterocycles. The molecule has 2 aromatic rings. The van der Waals surface area contributed by atoms with Crippen molar-refractivity contribution in [3.63, 3.8) is 0 Å². The monoisotopic (exact) mass is 391 g/mol. The third-order valence-electron chi connectivity index (χ3n) is 4.38. The normalized spacial score (nSPS) is 18.0. The van der Waals surface area contributed by atoms with Gasteiger partial charge in [0.1, 0.15) is 24.3 Å². The molecule has 2 amide bonds. The zero-order valence-electron chi connectivity index (χ0n) is 14.5. The maximum atomic E-state index is 13.0. The van der Waals surface area contributed by atoms with Crippen LogP contribution in [0.15, 0.2) is 48.5 Å². The number of aliphatic hydroxyl groups excluding tert-OH is 1. The van der Waals surface area contributed by atoms with Crippen molar-refractivity contribution in [3.8, 4) is 5.75 Å². The molecule has 2 atom stereocenters. The SMILES string of the molecule is O=C1CC(Cc2ccc(F)cc2)C(=O)N1CC(O)COc1ccc(Cl)cc1. The number of imide groups is 1. The van der Waals surface area contributed by atoms with Crippen molar-refractivity contribution in [1.29, 1.82) is 0 Å². The van der Waals surface area contributed by atoms with E-state index in [1.165, 1.54) is 12.1 Å². The third kappa shape index (κ3) is 5.05. The zero-order chi connectivity index (χ0) is 19.4. The van der Waals surface area contributed by atoms with Crippen LogP contribution in [0.4, 0.5) is 4.39 Å². The second-order valence-corrected chi connectivity index (χ2v) is 6.93. The van der Waals surface area contributed by atoms with Crippen LogP contribution in [0.3, 0.4) is 0 Å². The molecule has 2 unspecified atom stereocenters. The fraction of sp³-hybridized carbons (Fsp3) is 0.300. The fourth-order valence-corrected chi connectivity index (χ4v) is 3.12. The van der Waals surface area contributed by atoms with Crippen molar-refractivity contribution in [2.75, 3.05) is 13.2 Å². The number of halogens is 2. The molecule has 27 heavy (non-hydrogen) atoms. The lowest BCUT2D eigenvalue weighted by Crippen LogP contribution is -2.39. The molecule has 1 N–H and O–H groups in total. The molecule has 5 nitrogen and oxygen atoms in total. The van der Waals surface area contributed by atoms with E-state index in [0.717, 1.165) is 10.5 Å². The van der Waals surface area contributed by atoms with E-state index in [9.17, 15) is 19.1 Å². The first kappa shape index (κ1) is 19.3. The number of aliphatic hydroxyl groups is 1. The summed E-state index contributed by atoms with van der Waals surface area (Å²) in [7, 11) is 0. The van der Waals surface area contributed by atoms with Crippen molar-refractivity contribution in [2.24, 2.45) is 5.92 Å². The van der Waals surface area contributed by atoms with Gasteiger partial charge >= 0.3 is 0 Å². The van der Waals surface area contributed by atoms with Crippen LogP contribution in [0.25, 0.3) is 0 Å². The molecule has 1 aliphatic rings. The lowest BCUT2D eigenvalue weighted by molar-refractivity contribution is -0.141. The van der Waals surface area contributed by atoms with Gasteiger partial charge < -0.3 is 9.84 Å². The molecular formula is C20H19ClFNO4. The number of carbonyl (C=O) groups is 2. The van der Waals surface area contributed by atoms with E-state index in [2.05, 4.69) is 0 Å². The maximum absolute atomic E-state index is 13.0. The van der Waals surface area contributed by atoms with E-state index in [0.29, 0.717) is 17.2 Å². The van der Waals surface area contributed by atoms with Crippen LogP contribution < -0.4 is 4.74 Å². The molecule has 7 heteroatoms. The van der Waals surface area contributed by atoms with Gasteiger partial charge in [-0.05, 0) is 48.4 Å². The Balaban J connectivity index is 1.53. The van der Waals surface area contributed by atoms with Crippen LogP contribution in [0.1, 0.15) is 12.0 Å². The number of ether oxygens (including phenoxy) is 1. The van der Waals surface area contributed by atoms with Crippen LogP contribution in [0.2, 0.25) is 5.02 Å². The summed E-state index contributed by atoms with van der Waals surface area (Å²) in [4.78, 5) is 25.7. The standard InChI is InChI=1S/C20H19ClFNO4/c21-15-3-7-18(8-4-15)27-12-17(24)11-23-19(25)10-14(20(23)26)9-13-1-5-16(22)6-2-13/h1-8,14,17,24H,9-12H2.